The van der Waals surface area contributed by atoms with Crippen LogP contribution in [0.4, 0.5) is 0 Å². The molecule has 0 aromatic heterocycles. The number of hydrogen-bond acceptors (Lipinski definition) is 6. The smallest absolute Gasteiger partial charge is 0.339 e. The number of methoxy groups -OCH3 is 1. The first-order valence-electron chi connectivity index (χ1n) is 6.11. The quantitative estimate of drug-likeness (QED) is 0.604. The Morgan fingerprint density at radius 2 is 1.45 bits per heavy atom. The molecule has 6 nitrogen and oxygen atoms in total. The molecular formula is C14H16O6. The third kappa shape index (κ3) is 3.57. The van der Waals surface area contributed by atoms with Crippen molar-refractivity contribution in [3.05, 3.63) is 34.9 Å². The molecule has 0 aliphatic heterocycles. The molecule has 0 aliphatic rings. The molecule has 108 valence electrons. The third-order valence-electron chi connectivity index (χ3n) is 2.43. The van der Waals surface area contributed by atoms with Gasteiger partial charge in [-0.3, -0.25) is 0 Å². The second-order valence-corrected chi connectivity index (χ2v) is 3.69. The Balaban J connectivity index is 3.26. The number of benzene rings is 1. The summed E-state index contributed by atoms with van der Waals surface area (Å²) in [5.74, 6) is -1.95. The van der Waals surface area contributed by atoms with E-state index >= 15 is 0 Å². The van der Waals surface area contributed by atoms with Crippen LogP contribution in [0.1, 0.15) is 44.9 Å². The average molecular weight is 280 g/mol. The Hall–Kier alpha value is -2.37. The van der Waals surface area contributed by atoms with Gasteiger partial charge >= 0.3 is 17.9 Å². The van der Waals surface area contributed by atoms with Crippen molar-refractivity contribution >= 4 is 17.9 Å². The lowest BCUT2D eigenvalue weighted by Gasteiger charge is -2.09. The van der Waals surface area contributed by atoms with Crippen LogP contribution in [0, 0.1) is 0 Å². The lowest BCUT2D eigenvalue weighted by molar-refractivity contribution is 0.0478. The highest BCUT2D eigenvalue weighted by Crippen LogP contribution is 2.16. The minimum Gasteiger partial charge on any atom is -0.465 e. The number of rotatable bonds is 5. The first-order chi connectivity index (χ1) is 9.54. The van der Waals surface area contributed by atoms with E-state index in [-0.39, 0.29) is 29.9 Å². The van der Waals surface area contributed by atoms with Crippen molar-refractivity contribution in [2.75, 3.05) is 20.3 Å². The van der Waals surface area contributed by atoms with E-state index < -0.39 is 17.9 Å². The van der Waals surface area contributed by atoms with Gasteiger partial charge in [-0.15, -0.1) is 0 Å². The average Bonchev–Trinajstić information content (AvgIpc) is 2.46. The Morgan fingerprint density at radius 3 is 1.95 bits per heavy atom. The monoisotopic (exact) mass is 280 g/mol. The first kappa shape index (κ1) is 15.7. The molecule has 1 aromatic rings. The standard InChI is InChI=1S/C14H16O6/c1-4-19-13(16)10-7-6-9(12(15)18-3)8-11(10)14(17)20-5-2/h6-8H,4-5H2,1-3H3. The van der Waals surface area contributed by atoms with Gasteiger partial charge in [0.05, 0.1) is 37.0 Å². The summed E-state index contributed by atoms with van der Waals surface area (Å²) < 4.78 is 14.3. The Labute approximate surface area is 116 Å². The predicted molar refractivity (Wildman–Crippen MR) is 69.7 cm³/mol. The molecule has 0 N–H and O–H groups in total. The van der Waals surface area contributed by atoms with E-state index in [4.69, 9.17) is 9.47 Å². The highest BCUT2D eigenvalue weighted by atomic mass is 16.5. The normalized spacial score (nSPS) is 9.75. The molecule has 0 amide bonds. The van der Waals surface area contributed by atoms with Gasteiger partial charge in [-0.2, -0.15) is 0 Å². The molecule has 0 bridgehead atoms. The lowest BCUT2D eigenvalue weighted by atomic mass is 10.0. The number of esters is 3. The zero-order valence-corrected chi connectivity index (χ0v) is 11.6. The molecule has 0 fully saturated rings. The van der Waals surface area contributed by atoms with E-state index in [2.05, 4.69) is 4.74 Å². The largest absolute Gasteiger partial charge is 0.465 e. The summed E-state index contributed by atoms with van der Waals surface area (Å²) in [5.41, 5.74) is 0.190. The molecular weight excluding hydrogens is 264 g/mol. The number of carbonyl (C=O) groups is 3. The van der Waals surface area contributed by atoms with Crippen molar-refractivity contribution in [2.45, 2.75) is 13.8 Å². The van der Waals surface area contributed by atoms with Gasteiger partial charge in [0.2, 0.25) is 0 Å². The van der Waals surface area contributed by atoms with Crippen LogP contribution in [0.2, 0.25) is 0 Å². The summed E-state index contributed by atoms with van der Waals surface area (Å²) in [6, 6.07) is 3.99. The maximum atomic E-state index is 11.9. The fourth-order valence-corrected chi connectivity index (χ4v) is 1.55. The van der Waals surface area contributed by atoms with E-state index in [1.165, 1.54) is 25.3 Å². The van der Waals surface area contributed by atoms with E-state index in [0.29, 0.717) is 0 Å². The van der Waals surface area contributed by atoms with E-state index in [0.717, 1.165) is 0 Å². The van der Waals surface area contributed by atoms with Crippen molar-refractivity contribution in [3.63, 3.8) is 0 Å². The molecule has 20 heavy (non-hydrogen) atoms. The molecule has 1 aromatic carbocycles. The van der Waals surface area contributed by atoms with Gasteiger partial charge in [0.25, 0.3) is 0 Å². The van der Waals surface area contributed by atoms with Crippen molar-refractivity contribution < 1.29 is 28.6 Å². The van der Waals surface area contributed by atoms with Crippen molar-refractivity contribution in [2.24, 2.45) is 0 Å². The second-order valence-electron chi connectivity index (χ2n) is 3.69. The van der Waals surface area contributed by atoms with Gasteiger partial charge in [-0.1, -0.05) is 0 Å². The van der Waals surface area contributed by atoms with Gasteiger partial charge in [-0.05, 0) is 32.0 Å². The van der Waals surface area contributed by atoms with E-state index in [9.17, 15) is 14.4 Å². The van der Waals surface area contributed by atoms with Crippen LogP contribution in [-0.4, -0.2) is 38.2 Å². The third-order valence-corrected chi connectivity index (χ3v) is 2.43. The Bertz CT molecular complexity index is 520. The van der Waals surface area contributed by atoms with Crippen molar-refractivity contribution in [1.29, 1.82) is 0 Å². The summed E-state index contributed by atoms with van der Waals surface area (Å²) in [5, 5.41) is 0. The maximum absolute atomic E-state index is 11.9. The minimum absolute atomic E-state index is 0.0202. The van der Waals surface area contributed by atoms with Gasteiger partial charge in [0.1, 0.15) is 0 Å². The number of ether oxygens (including phenoxy) is 3. The molecule has 0 heterocycles. The van der Waals surface area contributed by atoms with Gasteiger partial charge in [0.15, 0.2) is 0 Å². The molecule has 1 rings (SSSR count). The van der Waals surface area contributed by atoms with Crippen LogP contribution >= 0.6 is 0 Å². The molecule has 0 atom stereocenters. The maximum Gasteiger partial charge on any atom is 0.339 e. The minimum atomic E-state index is -0.693. The summed E-state index contributed by atoms with van der Waals surface area (Å²) >= 11 is 0. The van der Waals surface area contributed by atoms with Crippen LogP contribution < -0.4 is 0 Å². The molecule has 6 heteroatoms. The highest BCUT2D eigenvalue weighted by Gasteiger charge is 2.21. The zero-order chi connectivity index (χ0) is 15.1. The topological polar surface area (TPSA) is 78.9 Å². The Kier molecular flexibility index (Phi) is 5.71. The van der Waals surface area contributed by atoms with Gasteiger partial charge in [-0.25, -0.2) is 14.4 Å². The van der Waals surface area contributed by atoms with Gasteiger partial charge < -0.3 is 14.2 Å². The molecule has 0 aliphatic carbocycles. The number of carbonyl (C=O) groups excluding carboxylic acids is 3. The van der Waals surface area contributed by atoms with Crippen LogP contribution in [0.3, 0.4) is 0 Å². The first-order valence-corrected chi connectivity index (χ1v) is 6.11. The molecule has 0 saturated heterocycles. The molecule has 0 saturated carbocycles. The summed E-state index contributed by atoms with van der Waals surface area (Å²) in [6.45, 7) is 3.64. The number of hydrogen-bond donors (Lipinski definition) is 0. The molecule has 0 spiro atoms. The van der Waals surface area contributed by atoms with Crippen molar-refractivity contribution in [1.82, 2.24) is 0 Å². The molecule has 0 radical (unpaired) electrons. The molecule has 0 unspecified atom stereocenters. The SMILES string of the molecule is CCOC(=O)c1ccc(C(=O)OC)cc1C(=O)OCC. The lowest BCUT2D eigenvalue weighted by Crippen LogP contribution is -2.15. The Morgan fingerprint density at radius 1 is 0.900 bits per heavy atom. The van der Waals surface area contributed by atoms with Crippen LogP contribution in [0.15, 0.2) is 18.2 Å². The predicted octanol–water partition coefficient (Wildman–Crippen LogP) is 1.83. The van der Waals surface area contributed by atoms with Crippen LogP contribution in [-0.2, 0) is 14.2 Å². The van der Waals surface area contributed by atoms with Gasteiger partial charge in [0, 0.05) is 0 Å². The fraction of sp³-hybridized carbons (Fsp3) is 0.357. The fourth-order valence-electron chi connectivity index (χ4n) is 1.55. The highest BCUT2D eigenvalue weighted by molar-refractivity contribution is 6.05. The summed E-state index contributed by atoms with van der Waals surface area (Å²) in [7, 11) is 1.23. The second kappa shape index (κ2) is 7.28. The summed E-state index contributed by atoms with van der Waals surface area (Å²) in [4.78, 5) is 35.1. The van der Waals surface area contributed by atoms with E-state index in [1.54, 1.807) is 13.8 Å². The van der Waals surface area contributed by atoms with E-state index in [1.807, 2.05) is 0 Å². The zero-order valence-electron chi connectivity index (χ0n) is 11.6. The summed E-state index contributed by atoms with van der Waals surface area (Å²) in [6.07, 6.45) is 0. The van der Waals surface area contributed by atoms with Crippen LogP contribution in [0.5, 0.6) is 0 Å². The van der Waals surface area contributed by atoms with Crippen molar-refractivity contribution in [3.8, 4) is 0 Å². The van der Waals surface area contributed by atoms with Crippen LogP contribution in [0.25, 0.3) is 0 Å².